The van der Waals surface area contributed by atoms with Gasteiger partial charge in [-0.25, -0.2) is 9.18 Å². The molecule has 2 rings (SSSR count). The average molecular weight is 363 g/mol. The van der Waals surface area contributed by atoms with Gasteiger partial charge in [-0.1, -0.05) is 0 Å². The van der Waals surface area contributed by atoms with Crippen molar-refractivity contribution in [2.45, 2.75) is 13.8 Å². The highest BCUT2D eigenvalue weighted by Crippen LogP contribution is 2.14. The molecule has 0 saturated carbocycles. The first-order valence-corrected chi connectivity index (χ1v) is 7.91. The minimum atomic E-state index is -0.810. The largest absolute Gasteiger partial charge is 0.461 e. The maximum absolute atomic E-state index is 13.1. The predicted octanol–water partition coefficient (Wildman–Crippen LogP) is 1.52. The van der Waals surface area contributed by atoms with Crippen LogP contribution in [0, 0.1) is 5.82 Å². The summed E-state index contributed by atoms with van der Waals surface area (Å²) in [6.45, 7) is 3.52. The number of esters is 1. The number of nitrogens with one attached hydrogen (secondary N) is 1. The zero-order valence-electron chi connectivity index (χ0n) is 14.3. The molecule has 2 aromatic rings. The molecule has 0 fully saturated rings. The lowest BCUT2D eigenvalue weighted by atomic mass is 10.3. The van der Waals surface area contributed by atoms with Gasteiger partial charge < -0.3 is 14.8 Å². The molecule has 138 valence electrons. The topological polar surface area (TPSA) is 99.5 Å². The van der Waals surface area contributed by atoms with E-state index in [9.17, 15) is 18.8 Å². The average Bonchev–Trinajstić information content (AvgIpc) is 2.61. The molecule has 0 aliphatic carbocycles. The van der Waals surface area contributed by atoms with Gasteiger partial charge in [-0.05, 0) is 38.1 Å². The van der Waals surface area contributed by atoms with Crippen LogP contribution in [0.3, 0.4) is 0 Å². The van der Waals surface area contributed by atoms with Crippen molar-refractivity contribution in [3.05, 3.63) is 52.2 Å². The summed E-state index contributed by atoms with van der Waals surface area (Å²) in [7, 11) is 0. The third-order valence-electron chi connectivity index (χ3n) is 3.18. The normalized spacial score (nSPS) is 10.4. The highest BCUT2D eigenvalue weighted by molar-refractivity contribution is 6.00. The minimum absolute atomic E-state index is 0.0858. The first-order chi connectivity index (χ1) is 12.5. The summed E-state index contributed by atoms with van der Waals surface area (Å²) in [6.07, 6.45) is 0. The number of ether oxygens (including phenoxy) is 2. The number of anilines is 1. The Morgan fingerprint density at radius 3 is 2.50 bits per heavy atom. The fourth-order valence-corrected chi connectivity index (χ4v) is 2.05. The standard InChI is InChI=1S/C17H18FN3O5/c1-3-25-10-14(22)19-13-9-15(23)21(12-7-5-11(18)6-8-12)20-16(13)17(24)26-4-2/h5-9H,3-4,10H2,1-2H3,(H,19,22). The van der Waals surface area contributed by atoms with Crippen molar-refractivity contribution in [1.29, 1.82) is 0 Å². The molecule has 0 unspecified atom stereocenters. The Morgan fingerprint density at radius 1 is 1.19 bits per heavy atom. The van der Waals surface area contributed by atoms with E-state index in [2.05, 4.69) is 10.4 Å². The van der Waals surface area contributed by atoms with E-state index in [-0.39, 0.29) is 30.3 Å². The monoisotopic (exact) mass is 363 g/mol. The van der Waals surface area contributed by atoms with Crippen LogP contribution in [0.4, 0.5) is 10.1 Å². The molecule has 26 heavy (non-hydrogen) atoms. The van der Waals surface area contributed by atoms with Gasteiger partial charge in [0.25, 0.3) is 5.56 Å². The van der Waals surface area contributed by atoms with Crippen molar-refractivity contribution < 1.29 is 23.5 Å². The van der Waals surface area contributed by atoms with Gasteiger partial charge in [0.1, 0.15) is 12.4 Å². The van der Waals surface area contributed by atoms with E-state index >= 15 is 0 Å². The number of amides is 1. The second kappa shape index (κ2) is 8.86. The Bertz CT molecular complexity index is 848. The quantitative estimate of drug-likeness (QED) is 0.749. The summed E-state index contributed by atoms with van der Waals surface area (Å²) >= 11 is 0. The maximum atomic E-state index is 13.1. The Morgan fingerprint density at radius 2 is 1.88 bits per heavy atom. The molecule has 1 amide bonds. The molecular formula is C17H18FN3O5. The third kappa shape index (κ3) is 4.73. The highest BCUT2D eigenvalue weighted by Gasteiger charge is 2.20. The molecule has 0 saturated heterocycles. The first kappa shape index (κ1) is 19.3. The van der Waals surface area contributed by atoms with Crippen molar-refractivity contribution in [2.75, 3.05) is 25.1 Å². The van der Waals surface area contributed by atoms with Crippen molar-refractivity contribution >= 4 is 17.6 Å². The van der Waals surface area contributed by atoms with E-state index in [4.69, 9.17) is 9.47 Å². The molecule has 0 spiro atoms. The van der Waals surface area contributed by atoms with Crippen molar-refractivity contribution in [1.82, 2.24) is 9.78 Å². The third-order valence-corrected chi connectivity index (χ3v) is 3.18. The number of halogens is 1. The molecule has 0 bridgehead atoms. The van der Waals surface area contributed by atoms with Crippen LogP contribution in [0.1, 0.15) is 24.3 Å². The summed E-state index contributed by atoms with van der Waals surface area (Å²) in [5, 5.41) is 6.39. The van der Waals surface area contributed by atoms with E-state index in [1.54, 1.807) is 13.8 Å². The van der Waals surface area contributed by atoms with Gasteiger partial charge in [0.2, 0.25) is 5.91 Å². The molecule has 1 heterocycles. The summed E-state index contributed by atoms with van der Waals surface area (Å²) in [5.41, 5.74) is -0.692. The van der Waals surface area contributed by atoms with E-state index < -0.39 is 23.3 Å². The van der Waals surface area contributed by atoms with Crippen molar-refractivity contribution in [3.63, 3.8) is 0 Å². The molecule has 1 aromatic heterocycles. The molecule has 1 aromatic carbocycles. The fourth-order valence-electron chi connectivity index (χ4n) is 2.05. The van der Waals surface area contributed by atoms with E-state index in [1.165, 1.54) is 12.1 Å². The van der Waals surface area contributed by atoms with Crippen LogP contribution in [-0.2, 0) is 14.3 Å². The van der Waals surface area contributed by atoms with Crippen LogP contribution in [0.5, 0.6) is 0 Å². The van der Waals surface area contributed by atoms with Crippen LogP contribution < -0.4 is 10.9 Å². The van der Waals surface area contributed by atoms with Crippen LogP contribution in [0.25, 0.3) is 5.69 Å². The molecule has 9 heteroatoms. The Balaban J connectivity index is 2.46. The van der Waals surface area contributed by atoms with Crippen LogP contribution in [0.15, 0.2) is 35.1 Å². The Hall–Kier alpha value is -3.07. The van der Waals surface area contributed by atoms with Crippen molar-refractivity contribution in [2.24, 2.45) is 0 Å². The van der Waals surface area contributed by atoms with Gasteiger partial charge in [-0.3, -0.25) is 9.59 Å². The molecule has 8 nitrogen and oxygen atoms in total. The Labute approximate surface area is 148 Å². The van der Waals surface area contributed by atoms with E-state index in [0.29, 0.717) is 6.61 Å². The molecule has 0 aliphatic heterocycles. The van der Waals surface area contributed by atoms with Gasteiger partial charge in [0.05, 0.1) is 18.0 Å². The maximum Gasteiger partial charge on any atom is 0.360 e. The van der Waals surface area contributed by atoms with Crippen LogP contribution in [0.2, 0.25) is 0 Å². The van der Waals surface area contributed by atoms with Crippen LogP contribution in [-0.4, -0.2) is 41.5 Å². The van der Waals surface area contributed by atoms with Crippen molar-refractivity contribution in [3.8, 4) is 5.69 Å². The molecular weight excluding hydrogens is 345 g/mol. The number of benzene rings is 1. The molecule has 1 N–H and O–H groups in total. The second-order valence-electron chi connectivity index (χ2n) is 5.04. The number of carbonyl (C=O) groups excluding carboxylic acids is 2. The lowest BCUT2D eigenvalue weighted by Gasteiger charge is -2.12. The van der Waals surface area contributed by atoms with Crippen LogP contribution >= 0.6 is 0 Å². The van der Waals surface area contributed by atoms with E-state index in [0.717, 1.165) is 22.9 Å². The Kier molecular flexibility index (Phi) is 6.56. The predicted molar refractivity (Wildman–Crippen MR) is 90.9 cm³/mol. The lowest BCUT2D eigenvalue weighted by Crippen LogP contribution is -2.28. The number of carbonyl (C=O) groups is 2. The minimum Gasteiger partial charge on any atom is -0.461 e. The lowest BCUT2D eigenvalue weighted by molar-refractivity contribution is -0.120. The summed E-state index contributed by atoms with van der Waals surface area (Å²) in [6, 6.07) is 6.04. The number of rotatable bonds is 7. The zero-order valence-corrected chi connectivity index (χ0v) is 14.3. The summed E-state index contributed by atoms with van der Waals surface area (Å²) in [5.74, 6) is -1.83. The smallest absolute Gasteiger partial charge is 0.360 e. The number of aromatic nitrogens is 2. The molecule has 0 aliphatic rings. The SMILES string of the molecule is CCOCC(=O)Nc1cc(=O)n(-c2ccc(F)cc2)nc1C(=O)OCC. The van der Waals surface area contributed by atoms with Gasteiger partial charge in [-0.2, -0.15) is 9.78 Å². The second-order valence-corrected chi connectivity index (χ2v) is 5.04. The van der Waals surface area contributed by atoms with Gasteiger partial charge in [-0.15, -0.1) is 0 Å². The van der Waals surface area contributed by atoms with Gasteiger partial charge in [0.15, 0.2) is 5.69 Å². The number of hydrogen-bond acceptors (Lipinski definition) is 6. The molecule has 0 radical (unpaired) electrons. The fraction of sp³-hybridized carbons (Fsp3) is 0.294. The van der Waals surface area contributed by atoms with Gasteiger partial charge in [0, 0.05) is 12.7 Å². The van der Waals surface area contributed by atoms with Gasteiger partial charge >= 0.3 is 5.97 Å². The number of nitrogens with zero attached hydrogens (tertiary/aromatic N) is 2. The summed E-state index contributed by atoms with van der Waals surface area (Å²) < 4.78 is 23.9. The number of hydrogen-bond donors (Lipinski definition) is 1. The van der Waals surface area contributed by atoms with E-state index in [1.807, 2.05) is 0 Å². The zero-order chi connectivity index (χ0) is 19.1. The molecule has 0 atom stereocenters. The highest BCUT2D eigenvalue weighted by atomic mass is 19.1. The first-order valence-electron chi connectivity index (χ1n) is 7.91. The summed E-state index contributed by atoms with van der Waals surface area (Å²) in [4.78, 5) is 36.3.